The van der Waals surface area contributed by atoms with Gasteiger partial charge in [-0.15, -0.1) is 0 Å². The highest BCUT2D eigenvalue weighted by atomic mass is 16.6. The number of benzene rings is 1. The summed E-state index contributed by atoms with van der Waals surface area (Å²) in [6.07, 6.45) is 0. The van der Waals surface area contributed by atoms with Gasteiger partial charge in [-0.05, 0) is 28.5 Å². The summed E-state index contributed by atoms with van der Waals surface area (Å²) in [7, 11) is 0. The lowest BCUT2D eigenvalue weighted by atomic mass is 10.2. The van der Waals surface area contributed by atoms with E-state index < -0.39 is 0 Å². The molecule has 0 radical (unpaired) electrons. The van der Waals surface area contributed by atoms with Gasteiger partial charge in [-0.2, -0.15) is 89.9 Å². The molecule has 0 atom stereocenters. The molecule has 30 nitrogen and oxygen atoms in total. The third kappa shape index (κ3) is 4.93. The SMILES string of the molecule is NC1=NC2=NC3=NC4=NC(=NC(=N1)N24)NC1=NC2=NC(NCC#Cc4ccc5nonc5c4)=NC4=NC(=NC(=N1)N24)NC1=NC2=NC(N)=NC4=NC(=NC(=N1)N24)N3. The minimum Gasteiger partial charge on any atom is -0.368 e. The fourth-order valence-electron chi connectivity index (χ4n) is 5.73. The van der Waals surface area contributed by atoms with Crippen LogP contribution in [0.25, 0.3) is 11.0 Å². The van der Waals surface area contributed by atoms with Crippen LogP contribution in [0, 0.1) is 11.8 Å². The van der Waals surface area contributed by atoms with Gasteiger partial charge in [0.1, 0.15) is 11.0 Å². The molecule has 272 valence electrons. The number of nitrogens with two attached hydrogens (primary N) is 2. The van der Waals surface area contributed by atoms with Gasteiger partial charge >= 0.3 is 0 Å². The first-order chi connectivity index (χ1) is 27.9. The van der Waals surface area contributed by atoms with Crippen LogP contribution < -0.4 is 32.7 Å². The van der Waals surface area contributed by atoms with Crippen LogP contribution in [0.3, 0.4) is 0 Å². The molecule has 11 heterocycles. The van der Waals surface area contributed by atoms with Gasteiger partial charge in [-0.3, -0.25) is 16.0 Å². The molecule has 57 heavy (non-hydrogen) atoms. The number of nitrogens with zero attached hydrogens (tertiary/aromatic N) is 23. The highest BCUT2D eigenvalue weighted by Gasteiger charge is 2.40. The lowest BCUT2D eigenvalue weighted by molar-refractivity contribution is 0.315. The van der Waals surface area contributed by atoms with Crippen LogP contribution in [-0.4, -0.2) is 139 Å². The first-order valence-corrected chi connectivity index (χ1v) is 16.1. The fraction of sp³-hybridized carbons (Fsp3) is 0.0370. The van der Waals surface area contributed by atoms with Crippen molar-refractivity contribution in [3.8, 4) is 11.8 Å². The largest absolute Gasteiger partial charge is 0.368 e. The highest BCUT2D eigenvalue weighted by Crippen LogP contribution is 2.20. The Hall–Kier alpha value is -9.56. The van der Waals surface area contributed by atoms with Crippen molar-refractivity contribution in [3.05, 3.63) is 23.8 Å². The molecule has 2 aromatic rings. The van der Waals surface area contributed by atoms with Crippen LogP contribution in [0.1, 0.15) is 5.56 Å². The predicted molar refractivity (Wildman–Crippen MR) is 204 cm³/mol. The Bertz CT molecular complexity index is 2950. The van der Waals surface area contributed by atoms with Gasteiger partial charge in [0.15, 0.2) is 0 Å². The van der Waals surface area contributed by atoms with E-state index in [2.05, 4.69) is 133 Å². The summed E-state index contributed by atoms with van der Waals surface area (Å²) in [5, 5.41) is 19.7. The predicted octanol–water partition coefficient (Wildman–Crippen LogP) is -4.70. The first kappa shape index (κ1) is 30.0. The van der Waals surface area contributed by atoms with Crippen molar-refractivity contribution in [2.75, 3.05) is 6.54 Å². The number of hydrogen-bond donors (Lipinski definition) is 6. The van der Waals surface area contributed by atoms with Crippen LogP contribution in [0.15, 0.2) is 113 Å². The molecular weight excluding hydrogens is 746 g/mol. The number of rotatable bonds is 1. The molecule has 0 saturated carbocycles. The van der Waals surface area contributed by atoms with E-state index in [1.165, 1.54) is 14.7 Å². The Balaban J connectivity index is 0.962. The number of aromatic nitrogens is 2. The van der Waals surface area contributed by atoms with Gasteiger partial charge in [0.2, 0.25) is 107 Å². The average Bonchev–Trinajstić information content (AvgIpc) is 3.63. The summed E-state index contributed by atoms with van der Waals surface area (Å²) in [4.78, 5) is 84.7. The molecule has 9 bridgehead atoms. The lowest BCUT2D eigenvalue weighted by Crippen LogP contribution is -2.54. The summed E-state index contributed by atoms with van der Waals surface area (Å²) in [6.45, 7) is 0.141. The van der Waals surface area contributed by atoms with Crippen molar-refractivity contribution >= 4 is 118 Å². The zero-order valence-corrected chi connectivity index (χ0v) is 27.8. The second kappa shape index (κ2) is 11.0. The van der Waals surface area contributed by atoms with E-state index in [1.807, 2.05) is 0 Å². The summed E-state index contributed by atoms with van der Waals surface area (Å²) in [5.74, 6) is 6.45. The standard InChI is InChI=1S/C27H13N29O/c28-10-31-19-40-13-35-14-41-20-32-11(29)34-22-43-16(49-26(47-14)55(20)22)37-18-45-24-39-12(30-5-1-2-7-3-4-8-9(6-7)53-57-52-8)38-23-44-17(50-27(51-18)56(23)24)36-15-42-21(33-10)54(19)25(46-13)48-15/h3-4,6H,5H2,(H8,28,29,30,31,32,33,34,35,36,37,38,39,40,41,42,43,44,45,46,47,48,49,50,51). The van der Waals surface area contributed by atoms with Crippen molar-refractivity contribution in [1.29, 1.82) is 0 Å². The lowest BCUT2D eigenvalue weighted by Gasteiger charge is -2.32. The first-order valence-electron chi connectivity index (χ1n) is 16.1. The van der Waals surface area contributed by atoms with Gasteiger partial charge in [0.25, 0.3) is 0 Å². The summed E-state index contributed by atoms with van der Waals surface area (Å²) in [5.41, 5.74) is 14.0. The second-order valence-electron chi connectivity index (χ2n) is 11.7. The Morgan fingerprint density at radius 3 is 1.42 bits per heavy atom. The number of hydrogen-bond acceptors (Lipinski definition) is 30. The topological polar surface area (TPSA) is 371 Å². The minimum absolute atomic E-state index is 0.0196. The Morgan fingerprint density at radius 1 is 0.491 bits per heavy atom. The van der Waals surface area contributed by atoms with E-state index in [4.69, 9.17) is 16.1 Å². The zero-order chi connectivity index (χ0) is 37.8. The fourth-order valence-corrected chi connectivity index (χ4v) is 5.73. The molecule has 30 heteroatoms. The molecular formula is C27H13N29O. The van der Waals surface area contributed by atoms with Gasteiger partial charge in [0, 0.05) is 5.56 Å². The maximum Gasteiger partial charge on any atom is 0.246 e. The Kier molecular flexibility index (Phi) is 5.77. The summed E-state index contributed by atoms with van der Waals surface area (Å²) in [6, 6.07) is 5.33. The van der Waals surface area contributed by atoms with Crippen LogP contribution in [0.5, 0.6) is 0 Å². The van der Waals surface area contributed by atoms with Crippen LogP contribution in [0.2, 0.25) is 0 Å². The van der Waals surface area contributed by atoms with Crippen LogP contribution in [0.4, 0.5) is 0 Å². The minimum atomic E-state index is -0.121. The molecule has 0 unspecified atom stereocenters. The van der Waals surface area contributed by atoms with Gasteiger partial charge in [-0.25, -0.2) is 19.3 Å². The average molecular weight is 760 g/mol. The van der Waals surface area contributed by atoms with E-state index in [0.29, 0.717) is 16.6 Å². The molecule has 8 N–H and O–H groups in total. The Morgan fingerprint density at radius 2 is 0.912 bits per heavy atom. The molecule has 0 fully saturated rings. The maximum atomic E-state index is 6.04. The third-order valence-corrected chi connectivity index (χ3v) is 8.03. The van der Waals surface area contributed by atoms with E-state index in [1.54, 1.807) is 18.2 Å². The molecule has 1 aromatic carbocycles. The molecule has 12 rings (SSSR count). The zero-order valence-electron chi connectivity index (χ0n) is 27.8. The van der Waals surface area contributed by atoms with Crippen molar-refractivity contribution in [2.45, 2.75) is 0 Å². The van der Waals surface area contributed by atoms with E-state index in [0.717, 1.165) is 0 Å². The maximum absolute atomic E-state index is 6.04. The van der Waals surface area contributed by atoms with Crippen molar-refractivity contribution in [2.24, 2.45) is 101 Å². The number of nitrogens with one attached hydrogen (secondary N) is 4. The second-order valence-corrected chi connectivity index (χ2v) is 11.7. The molecule has 0 aliphatic carbocycles. The summed E-state index contributed by atoms with van der Waals surface area (Å²) >= 11 is 0. The monoisotopic (exact) mass is 759 g/mol. The van der Waals surface area contributed by atoms with Gasteiger partial charge in [0.05, 0.1) is 6.54 Å². The van der Waals surface area contributed by atoms with E-state index in [9.17, 15) is 0 Å². The Labute approximate surface area is 312 Å². The highest BCUT2D eigenvalue weighted by molar-refractivity contribution is 6.36. The van der Waals surface area contributed by atoms with E-state index >= 15 is 0 Å². The molecule has 0 spiro atoms. The molecule has 0 saturated heterocycles. The summed E-state index contributed by atoms with van der Waals surface area (Å²) < 4.78 is 4.77. The van der Waals surface area contributed by atoms with Gasteiger partial charge in [-0.1, -0.05) is 11.8 Å². The normalized spacial score (nSPS) is 21.5. The molecule has 10 aliphatic rings. The third-order valence-electron chi connectivity index (χ3n) is 8.03. The quantitative estimate of drug-likeness (QED) is 0.149. The molecule has 1 aromatic heterocycles. The van der Waals surface area contributed by atoms with Crippen molar-refractivity contribution in [3.63, 3.8) is 0 Å². The number of aliphatic imine (C=N–C) groups is 18. The molecule has 10 aliphatic heterocycles. The molecule has 0 amide bonds. The van der Waals surface area contributed by atoms with Crippen molar-refractivity contribution < 1.29 is 4.63 Å². The van der Waals surface area contributed by atoms with Gasteiger partial charge < -0.3 is 16.8 Å². The smallest absolute Gasteiger partial charge is 0.246 e. The number of guanidine groups is 18. The van der Waals surface area contributed by atoms with Crippen molar-refractivity contribution in [1.82, 2.24) is 46.3 Å². The number of fused-ring (bicyclic) bond motifs is 4. The van der Waals surface area contributed by atoms with Crippen LogP contribution >= 0.6 is 0 Å². The van der Waals surface area contributed by atoms with E-state index in [-0.39, 0.29) is 114 Å². The van der Waals surface area contributed by atoms with Crippen LogP contribution in [-0.2, 0) is 0 Å².